The van der Waals surface area contributed by atoms with E-state index in [0.29, 0.717) is 55.6 Å². The van der Waals surface area contributed by atoms with E-state index in [1.807, 2.05) is 60.7 Å². The third-order valence-corrected chi connectivity index (χ3v) is 7.94. The lowest BCUT2D eigenvalue weighted by Crippen LogP contribution is -2.31. The first kappa shape index (κ1) is 28.3. The molecule has 0 spiro atoms. The number of H-pyrrole nitrogens is 1. The Morgan fingerprint density at radius 3 is 2.44 bits per heavy atom. The Balaban J connectivity index is 1.69. The molecule has 4 aromatic rings. The van der Waals surface area contributed by atoms with Gasteiger partial charge in [-0.25, -0.2) is 9.78 Å². The lowest BCUT2D eigenvalue weighted by molar-refractivity contribution is -0.138. The van der Waals surface area contributed by atoms with E-state index < -0.39 is 11.9 Å². The van der Waals surface area contributed by atoms with Gasteiger partial charge >= 0.3 is 5.97 Å². The molecule has 0 bridgehead atoms. The van der Waals surface area contributed by atoms with Crippen LogP contribution in [-0.2, 0) is 15.3 Å². The Hall–Kier alpha value is -4.21. The summed E-state index contributed by atoms with van der Waals surface area (Å²) in [6.07, 6.45) is 0. The van der Waals surface area contributed by atoms with Crippen molar-refractivity contribution in [3.05, 3.63) is 116 Å². The maximum absolute atomic E-state index is 13.8. The zero-order valence-electron chi connectivity index (χ0n) is 22.7. The maximum Gasteiger partial charge on any atom is 0.337 e. The molecule has 0 amide bonds. The molecular weight excluding hydrogens is 562 g/mol. The Kier molecular flexibility index (Phi) is 8.66. The van der Waals surface area contributed by atoms with Crippen LogP contribution in [0.2, 0.25) is 5.02 Å². The van der Waals surface area contributed by atoms with Gasteiger partial charge in [0.05, 0.1) is 43.6 Å². The van der Waals surface area contributed by atoms with Crippen LogP contribution >= 0.6 is 23.4 Å². The number of nitrogens with one attached hydrogen (secondary N) is 2. The summed E-state index contributed by atoms with van der Waals surface area (Å²) in [5.41, 5.74) is 3.03. The highest BCUT2D eigenvalue weighted by Crippen LogP contribution is 2.45. The number of methoxy groups -OCH3 is 2. The Labute approximate surface area is 246 Å². The minimum Gasteiger partial charge on any atom is -0.493 e. The fourth-order valence-electron chi connectivity index (χ4n) is 4.76. The number of halogens is 1. The van der Waals surface area contributed by atoms with Crippen LogP contribution in [0.5, 0.6) is 11.5 Å². The van der Waals surface area contributed by atoms with Crippen LogP contribution in [0.4, 0.5) is 5.82 Å². The van der Waals surface area contributed by atoms with Crippen LogP contribution in [0.1, 0.15) is 35.1 Å². The first-order valence-electron chi connectivity index (χ1n) is 12.9. The van der Waals surface area contributed by atoms with E-state index >= 15 is 0 Å². The second-order valence-corrected chi connectivity index (χ2v) is 10.4. The molecular formula is C31H28ClN3O5S. The molecule has 1 atom stereocenters. The van der Waals surface area contributed by atoms with E-state index in [1.54, 1.807) is 26.2 Å². The van der Waals surface area contributed by atoms with E-state index in [4.69, 9.17) is 30.8 Å². The average molecular weight is 590 g/mol. The molecule has 0 aliphatic carbocycles. The number of carbonyl (C=O) groups is 1. The second-order valence-electron chi connectivity index (χ2n) is 9.06. The molecule has 1 unspecified atom stereocenters. The zero-order chi connectivity index (χ0) is 28.9. The number of aromatic amines is 1. The number of aromatic nitrogens is 2. The Bertz CT molecular complexity index is 1670. The summed E-state index contributed by atoms with van der Waals surface area (Å²) in [5, 5.41) is 4.35. The molecule has 0 fully saturated rings. The standard InChI is InChI=1S/C31H28ClN3O5S/c1-4-40-30(37)25-24(19-14-15-22(38-2)23(16-19)39-3)26-28(33-27(25)18-10-6-5-7-11-18)34-31(35-29(26)36)41-17-20-12-8-9-13-21(20)32/h5-16,24H,4,17H2,1-3H3,(H2,33,34,35,36). The van der Waals surface area contributed by atoms with Crippen molar-refractivity contribution in [2.75, 3.05) is 26.1 Å². The van der Waals surface area contributed by atoms with Gasteiger partial charge in [-0.3, -0.25) is 4.79 Å². The maximum atomic E-state index is 13.8. The average Bonchev–Trinajstić information content (AvgIpc) is 3.00. The summed E-state index contributed by atoms with van der Waals surface area (Å²) in [5.74, 6) is 0.498. The predicted octanol–water partition coefficient (Wildman–Crippen LogP) is 6.26. The van der Waals surface area contributed by atoms with Gasteiger partial charge in [-0.05, 0) is 41.8 Å². The summed E-state index contributed by atoms with van der Waals surface area (Å²) in [6.45, 7) is 1.91. The highest BCUT2D eigenvalue weighted by molar-refractivity contribution is 7.98. The number of carbonyl (C=O) groups excluding carboxylic acids is 1. The molecule has 41 heavy (non-hydrogen) atoms. The van der Waals surface area contributed by atoms with Gasteiger partial charge in [-0.15, -0.1) is 0 Å². The van der Waals surface area contributed by atoms with Crippen molar-refractivity contribution in [2.24, 2.45) is 0 Å². The summed E-state index contributed by atoms with van der Waals surface area (Å²) in [7, 11) is 3.08. The molecule has 2 heterocycles. The molecule has 1 aliphatic rings. The van der Waals surface area contributed by atoms with E-state index in [9.17, 15) is 9.59 Å². The number of nitrogens with zero attached hydrogens (tertiary/aromatic N) is 1. The zero-order valence-corrected chi connectivity index (χ0v) is 24.3. The normalized spacial score (nSPS) is 14.2. The Morgan fingerprint density at radius 1 is 1.00 bits per heavy atom. The molecule has 8 nitrogen and oxygen atoms in total. The third kappa shape index (κ3) is 5.82. The van der Waals surface area contributed by atoms with E-state index in [1.165, 1.54) is 18.9 Å². The molecule has 2 N–H and O–H groups in total. The number of thioether (sulfide) groups is 1. The van der Waals surface area contributed by atoms with Crippen molar-refractivity contribution < 1.29 is 19.0 Å². The summed E-state index contributed by atoms with van der Waals surface area (Å²) < 4.78 is 16.5. The van der Waals surface area contributed by atoms with Crippen LogP contribution in [0.25, 0.3) is 5.70 Å². The number of rotatable bonds is 9. The highest BCUT2D eigenvalue weighted by atomic mass is 35.5. The highest BCUT2D eigenvalue weighted by Gasteiger charge is 2.38. The summed E-state index contributed by atoms with van der Waals surface area (Å²) in [6, 6.07) is 22.3. The number of hydrogen-bond donors (Lipinski definition) is 2. The lowest BCUT2D eigenvalue weighted by atomic mass is 9.81. The number of anilines is 1. The number of esters is 1. The van der Waals surface area contributed by atoms with Crippen LogP contribution in [-0.4, -0.2) is 36.8 Å². The van der Waals surface area contributed by atoms with Crippen LogP contribution in [0.15, 0.2) is 88.3 Å². The third-order valence-electron chi connectivity index (χ3n) is 6.64. The minimum absolute atomic E-state index is 0.169. The molecule has 1 aromatic heterocycles. The first-order chi connectivity index (χ1) is 19.9. The van der Waals surface area contributed by atoms with Crippen molar-refractivity contribution in [2.45, 2.75) is 23.8 Å². The molecule has 0 saturated heterocycles. The van der Waals surface area contributed by atoms with Gasteiger partial charge in [0.2, 0.25) is 0 Å². The predicted molar refractivity (Wildman–Crippen MR) is 161 cm³/mol. The van der Waals surface area contributed by atoms with Crippen molar-refractivity contribution in [1.29, 1.82) is 0 Å². The minimum atomic E-state index is -0.806. The van der Waals surface area contributed by atoms with Crippen LogP contribution in [0.3, 0.4) is 0 Å². The van der Waals surface area contributed by atoms with E-state index in [-0.39, 0.29) is 12.2 Å². The van der Waals surface area contributed by atoms with Crippen molar-refractivity contribution in [1.82, 2.24) is 9.97 Å². The number of hydrogen-bond acceptors (Lipinski definition) is 8. The smallest absolute Gasteiger partial charge is 0.337 e. The quantitative estimate of drug-likeness (QED) is 0.134. The van der Waals surface area contributed by atoms with E-state index in [2.05, 4.69) is 10.3 Å². The van der Waals surface area contributed by atoms with E-state index in [0.717, 1.165) is 11.1 Å². The van der Waals surface area contributed by atoms with Gasteiger partial charge in [-0.2, -0.15) is 0 Å². The summed E-state index contributed by atoms with van der Waals surface area (Å²) in [4.78, 5) is 35.1. The largest absolute Gasteiger partial charge is 0.493 e. The molecule has 0 saturated carbocycles. The van der Waals surface area contributed by atoms with Crippen molar-refractivity contribution in [3.63, 3.8) is 0 Å². The topological polar surface area (TPSA) is 103 Å². The number of benzene rings is 3. The molecule has 5 rings (SSSR count). The van der Waals surface area contributed by atoms with Crippen LogP contribution < -0.4 is 20.3 Å². The van der Waals surface area contributed by atoms with Crippen molar-refractivity contribution in [3.8, 4) is 11.5 Å². The lowest BCUT2D eigenvalue weighted by Gasteiger charge is -2.30. The Morgan fingerprint density at radius 2 is 1.73 bits per heavy atom. The van der Waals surface area contributed by atoms with Gasteiger partial charge < -0.3 is 24.5 Å². The van der Waals surface area contributed by atoms with Crippen LogP contribution in [0, 0.1) is 0 Å². The van der Waals surface area contributed by atoms with Gasteiger partial charge in [-0.1, -0.05) is 78.0 Å². The number of fused-ring (bicyclic) bond motifs is 1. The second kappa shape index (κ2) is 12.5. The SMILES string of the molecule is CCOC(=O)C1=C(c2ccccc2)Nc2nc(SCc3ccccc3Cl)[nH]c(=O)c2C1c1ccc(OC)c(OC)c1. The molecule has 0 radical (unpaired) electrons. The van der Waals surface area contributed by atoms with Gasteiger partial charge in [0.25, 0.3) is 5.56 Å². The monoisotopic (exact) mass is 589 g/mol. The molecule has 1 aliphatic heterocycles. The summed E-state index contributed by atoms with van der Waals surface area (Å²) >= 11 is 7.70. The van der Waals surface area contributed by atoms with Gasteiger partial charge in [0, 0.05) is 10.8 Å². The first-order valence-corrected chi connectivity index (χ1v) is 14.3. The van der Waals surface area contributed by atoms with Gasteiger partial charge in [0.1, 0.15) is 5.82 Å². The molecule has 10 heteroatoms. The fourth-order valence-corrected chi connectivity index (χ4v) is 5.90. The van der Waals surface area contributed by atoms with Gasteiger partial charge in [0.15, 0.2) is 16.7 Å². The molecule has 3 aromatic carbocycles. The van der Waals surface area contributed by atoms with Crippen molar-refractivity contribution >= 4 is 40.8 Å². The number of ether oxygens (including phenoxy) is 3. The fraction of sp³-hybridized carbons (Fsp3) is 0.194. The molecule has 210 valence electrons.